The van der Waals surface area contributed by atoms with E-state index in [1.54, 1.807) is 46.0 Å². The molecular weight excluding hydrogens is 743 g/mol. The van der Waals surface area contributed by atoms with Crippen molar-refractivity contribution in [3.63, 3.8) is 0 Å². The number of aromatic nitrogens is 1. The fraction of sp³-hybridized carbons (Fsp3) is 0.625. The lowest BCUT2D eigenvalue weighted by Crippen LogP contribution is -2.62. The standard InChI is InChI=1S/C40H53N5O10S/c1-23-9-7-8-10-25-21-40(25,36(48)43-56(51,52)39(6)14-15-39)42-33(46)29-20-26(22-44(29)35(47)31(24(2)19-23)45(37(49)50)38(3,4)5)55-34-28-11-12-30-32(54-18-17-53-30)27(28)13-16-41-34/h8,10-13,16,23-26,29,31H,7,9,14-15,17-22H2,1-6H3,(H,42,46)(H,43,48)(H,49,50)/b10-8-/t23-,24+,25+,26+,29-,31-,40+/m0/s1. The molecule has 0 unspecified atom stereocenters. The molecule has 7 atom stereocenters. The number of hydrogen-bond donors (Lipinski definition) is 3. The zero-order valence-electron chi connectivity index (χ0n) is 32.9. The molecule has 2 aliphatic carbocycles. The third-order valence-electron chi connectivity index (χ3n) is 12.1. The van der Waals surface area contributed by atoms with Gasteiger partial charge >= 0.3 is 6.09 Å². The van der Waals surface area contributed by atoms with Gasteiger partial charge in [-0.1, -0.05) is 26.0 Å². The SMILES string of the molecule is C[C@H]1CC/C=C\[C@@H]2C[C@@]2(C(=O)NS(=O)(=O)C2(C)CC2)NC(=O)[C@@H]2C[C@@H](Oc3nccc4c5c(ccc34)OCCO5)CN2C(=O)[C@@H](N(C(=O)O)C(C)(C)C)[C@H](C)C1. The first-order chi connectivity index (χ1) is 26.3. The molecule has 3 aliphatic heterocycles. The Balaban J connectivity index is 1.26. The van der Waals surface area contributed by atoms with Crippen molar-refractivity contribution in [3.8, 4) is 17.4 Å². The van der Waals surface area contributed by atoms with Crippen molar-refractivity contribution in [2.24, 2.45) is 17.8 Å². The molecule has 2 aromatic rings. The van der Waals surface area contributed by atoms with Crippen molar-refractivity contribution in [1.29, 1.82) is 0 Å². The number of rotatable bonds is 6. The van der Waals surface area contributed by atoms with Crippen molar-refractivity contribution < 1.29 is 46.9 Å². The van der Waals surface area contributed by atoms with E-state index in [1.165, 1.54) is 9.80 Å². The number of allylic oxidation sites excluding steroid dienone is 1. The van der Waals surface area contributed by atoms with Crippen LogP contribution in [0.5, 0.6) is 17.4 Å². The molecular formula is C40H53N5O10S. The fourth-order valence-corrected chi connectivity index (χ4v) is 9.87. The molecule has 3 fully saturated rings. The molecule has 0 spiro atoms. The monoisotopic (exact) mass is 795 g/mol. The molecule has 56 heavy (non-hydrogen) atoms. The molecule has 0 bridgehead atoms. The molecule has 1 aromatic heterocycles. The minimum Gasteiger partial charge on any atom is -0.486 e. The number of benzene rings is 1. The van der Waals surface area contributed by atoms with Gasteiger partial charge in [-0.3, -0.25) is 24.0 Å². The maximum Gasteiger partial charge on any atom is 0.408 e. The fourth-order valence-electron chi connectivity index (χ4n) is 8.56. The molecule has 304 valence electrons. The largest absolute Gasteiger partial charge is 0.486 e. The quantitative estimate of drug-likeness (QED) is 0.351. The number of nitrogens with one attached hydrogen (secondary N) is 2. The molecule has 7 rings (SSSR count). The van der Waals surface area contributed by atoms with Crippen molar-refractivity contribution in [2.75, 3.05) is 19.8 Å². The lowest BCUT2D eigenvalue weighted by Gasteiger charge is -2.43. The van der Waals surface area contributed by atoms with Gasteiger partial charge < -0.3 is 29.5 Å². The van der Waals surface area contributed by atoms with Gasteiger partial charge in [-0.25, -0.2) is 18.2 Å². The van der Waals surface area contributed by atoms with Gasteiger partial charge in [-0.2, -0.15) is 0 Å². The van der Waals surface area contributed by atoms with Gasteiger partial charge in [0, 0.05) is 34.8 Å². The Morgan fingerprint density at radius 2 is 1.82 bits per heavy atom. The van der Waals surface area contributed by atoms with Gasteiger partial charge in [-0.15, -0.1) is 0 Å². The first kappa shape index (κ1) is 39.6. The lowest BCUT2D eigenvalue weighted by molar-refractivity contribution is -0.146. The predicted octanol–water partition coefficient (Wildman–Crippen LogP) is 4.39. The molecule has 1 saturated heterocycles. The third kappa shape index (κ3) is 7.36. The highest BCUT2D eigenvalue weighted by atomic mass is 32.2. The van der Waals surface area contributed by atoms with Crippen molar-refractivity contribution in [3.05, 3.63) is 36.5 Å². The van der Waals surface area contributed by atoms with Crippen LogP contribution in [-0.4, -0.2) is 106 Å². The molecule has 15 nitrogen and oxygen atoms in total. The number of carboxylic acid groups (broad SMARTS) is 1. The highest BCUT2D eigenvalue weighted by molar-refractivity contribution is 7.91. The maximum atomic E-state index is 15.1. The number of carbonyl (C=O) groups is 4. The zero-order chi connectivity index (χ0) is 40.4. The molecule has 5 aliphatic rings. The van der Waals surface area contributed by atoms with Gasteiger partial charge in [-0.05, 0) is 96.3 Å². The van der Waals surface area contributed by atoms with E-state index in [9.17, 15) is 27.9 Å². The summed E-state index contributed by atoms with van der Waals surface area (Å²) in [5, 5.41) is 14.9. The summed E-state index contributed by atoms with van der Waals surface area (Å²) in [5.41, 5.74) is -2.54. The molecule has 2 saturated carbocycles. The lowest BCUT2D eigenvalue weighted by atomic mass is 9.85. The van der Waals surface area contributed by atoms with Crippen molar-refractivity contribution in [1.82, 2.24) is 24.8 Å². The number of amides is 4. The average molecular weight is 796 g/mol. The summed E-state index contributed by atoms with van der Waals surface area (Å²) in [7, 11) is -4.02. The van der Waals surface area contributed by atoms with Crippen LogP contribution in [-0.2, 0) is 24.4 Å². The summed E-state index contributed by atoms with van der Waals surface area (Å²) in [5.74, 6) is -1.43. The second-order valence-electron chi connectivity index (χ2n) is 17.5. The topological polar surface area (TPSA) is 194 Å². The van der Waals surface area contributed by atoms with Crippen LogP contribution in [0.25, 0.3) is 10.8 Å². The Morgan fingerprint density at radius 1 is 1.09 bits per heavy atom. The smallest absolute Gasteiger partial charge is 0.408 e. The van der Waals surface area contributed by atoms with E-state index in [2.05, 4.69) is 21.9 Å². The Bertz CT molecular complexity index is 2060. The van der Waals surface area contributed by atoms with E-state index in [4.69, 9.17) is 14.2 Å². The molecule has 4 heterocycles. The van der Waals surface area contributed by atoms with Crippen LogP contribution in [0.1, 0.15) is 86.5 Å². The van der Waals surface area contributed by atoms with E-state index in [1.807, 2.05) is 25.1 Å². The molecule has 16 heteroatoms. The zero-order valence-corrected chi connectivity index (χ0v) is 33.7. The number of fused-ring (bicyclic) bond motifs is 5. The van der Waals surface area contributed by atoms with E-state index in [0.29, 0.717) is 55.8 Å². The van der Waals surface area contributed by atoms with Crippen LogP contribution in [0.4, 0.5) is 4.79 Å². The molecule has 3 N–H and O–H groups in total. The summed E-state index contributed by atoms with van der Waals surface area (Å²) in [4.78, 5) is 63.7. The summed E-state index contributed by atoms with van der Waals surface area (Å²) < 4.78 is 45.8. The van der Waals surface area contributed by atoms with E-state index < -0.39 is 79.7 Å². The van der Waals surface area contributed by atoms with Crippen LogP contribution < -0.4 is 24.2 Å². The van der Waals surface area contributed by atoms with E-state index in [0.717, 1.165) is 11.8 Å². The van der Waals surface area contributed by atoms with Crippen LogP contribution in [0, 0.1) is 17.8 Å². The van der Waals surface area contributed by atoms with E-state index in [-0.39, 0.29) is 31.2 Å². The Labute approximate surface area is 327 Å². The third-order valence-corrected chi connectivity index (χ3v) is 14.3. The maximum absolute atomic E-state index is 15.1. The van der Waals surface area contributed by atoms with Crippen LogP contribution >= 0.6 is 0 Å². The molecule has 1 aromatic carbocycles. The van der Waals surface area contributed by atoms with Crippen LogP contribution in [0.3, 0.4) is 0 Å². The normalized spacial score (nSPS) is 30.8. The van der Waals surface area contributed by atoms with Gasteiger partial charge in [0.2, 0.25) is 27.7 Å². The molecule has 0 radical (unpaired) electrons. The number of nitrogens with zero attached hydrogens (tertiary/aromatic N) is 3. The minimum atomic E-state index is -4.02. The predicted molar refractivity (Wildman–Crippen MR) is 206 cm³/mol. The highest BCUT2D eigenvalue weighted by Crippen LogP contribution is 2.48. The molecule has 4 amide bonds. The Morgan fingerprint density at radius 3 is 2.52 bits per heavy atom. The van der Waals surface area contributed by atoms with Crippen molar-refractivity contribution in [2.45, 2.75) is 121 Å². The van der Waals surface area contributed by atoms with Gasteiger partial charge in [0.15, 0.2) is 11.5 Å². The summed E-state index contributed by atoms with van der Waals surface area (Å²) in [6.45, 7) is 11.4. The van der Waals surface area contributed by atoms with Gasteiger partial charge in [0.1, 0.15) is 36.9 Å². The van der Waals surface area contributed by atoms with Crippen molar-refractivity contribution >= 4 is 44.6 Å². The number of ether oxygens (including phenoxy) is 3. The number of hydrogen-bond acceptors (Lipinski definition) is 10. The second-order valence-corrected chi connectivity index (χ2v) is 19.7. The Kier molecular flexibility index (Phi) is 10.2. The van der Waals surface area contributed by atoms with Gasteiger partial charge in [0.05, 0.1) is 11.3 Å². The Hall–Kier alpha value is -4.60. The first-order valence-electron chi connectivity index (χ1n) is 19.6. The number of sulfonamides is 1. The van der Waals surface area contributed by atoms with Crippen LogP contribution in [0.2, 0.25) is 0 Å². The van der Waals surface area contributed by atoms with E-state index >= 15 is 4.79 Å². The number of pyridine rings is 1. The summed E-state index contributed by atoms with van der Waals surface area (Å²) in [6.07, 6.45) is 6.29. The van der Waals surface area contributed by atoms with Gasteiger partial charge in [0.25, 0.3) is 5.91 Å². The average Bonchev–Trinajstić information content (AvgIpc) is 4.01. The second kappa shape index (κ2) is 14.4. The summed E-state index contributed by atoms with van der Waals surface area (Å²) in [6, 6.07) is 3.03. The highest BCUT2D eigenvalue weighted by Gasteiger charge is 2.63. The minimum absolute atomic E-state index is 0.00510. The first-order valence-corrected chi connectivity index (χ1v) is 21.1. The number of carbonyl (C=O) groups excluding carboxylic acids is 3. The van der Waals surface area contributed by atoms with Crippen LogP contribution in [0.15, 0.2) is 36.5 Å². The summed E-state index contributed by atoms with van der Waals surface area (Å²) >= 11 is 0.